The largest absolute Gasteiger partial charge is 0.489 e. The van der Waals surface area contributed by atoms with Gasteiger partial charge in [-0.2, -0.15) is 0 Å². The van der Waals surface area contributed by atoms with Crippen molar-refractivity contribution in [3.8, 4) is 5.75 Å². The lowest BCUT2D eigenvalue weighted by molar-refractivity contribution is 0.242. The number of nitrogens with two attached hydrogens (primary N) is 1. The first kappa shape index (κ1) is 14.3. The fraction of sp³-hybridized carbons (Fsp3) is 0.571. The highest BCUT2D eigenvalue weighted by atomic mass is 35.5. The van der Waals surface area contributed by atoms with Gasteiger partial charge in [0.2, 0.25) is 0 Å². The summed E-state index contributed by atoms with van der Waals surface area (Å²) in [5.74, 6) is 1.60. The molecule has 1 unspecified atom stereocenters. The van der Waals surface area contributed by atoms with Gasteiger partial charge in [0.15, 0.2) is 0 Å². The van der Waals surface area contributed by atoms with E-state index < -0.39 is 0 Å². The normalized spacial score (nSPS) is 13.2. The molecule has 0 aromatic heterocycles. The molecule has 0 radical (unpaired) electrons. The minimum atomic E-state index is 0.133. The summed E-state index contributed by atoms with van der Waals surface area (Å²) in [7, 11) is 0. The number of hydrogen-bond acceptors (Lipinski definition) is 2. The van der Waals surface area contributed by atoms with Crippen molar-refractivity contribution in [3.05, 3.63) is 28.8 Å². The lowest BCUT2D eigenvalue weighted by Crippen LogP contribution is -2.17. The maximum Gasteiger partial charge on any atom is 0.138 e. The van der Waals surface area contributed by atoms with Crippen molar-refractivity contribution in [2.45, 2.75) is 39.7 Å². The Labute approximate surface area is 109 Å². The minimum absolute atomic E-state index is 0.133. The monoisotopic (exact) mass is 255 g/mol. The van der Waals surface area contributed by atoms with Crippen LogP contribution < -0.4 is 10.5 Å². The van der Waals surface area contributed by atoms with Gasteiger partial charge in [-0.3, -0.25) is 0 Å². The van der Waals surface area contributed by atoms with Crippen LogP contribution in [0.2, 0.25) is 5.02 Å². The predicted octanol–water partition coefficient (Wildman–Crippen LogP) is 3.83. The average molecular weight is 256 g/mol. The fourth-order valence-electron chi connectivity index (χ4n) is 1.89. The molecular weight excluding hydrogens is 234 g/mol. The standard InChI is InChI=1S/C14H22ClNO/c1-9(2)12(8-16)11-5-6-14(13(15)7-11)17-10(3)4/h5-7,9-10,12H,8,16H2,1-4H3. The maximum absolute atomic E-state index is 6.21. The number of hydrogen-bond donors (Lipinski definition) is 1. The van der Waals surface area contributed by atoms with Crippen LogP contribution in [-0.4, -0.2) is 12.6 Å². The van der Waals surface area contributed by atoms with E-state index in [4.69, 9.17) is 22.1 Å². The summed E-state index contributed by atoms with van der Waals surface area (Å²) in [6.45, 7) is 8.95. The number of halogens is 1. The molecule has 2 N–H and O–H groups in total. The van der Waals surface area contributed by atoms with Crippen molar-refractivity contribution in [2.24, 2.45) is 11.7 Å². The summed E-state index contributed by atoms with van der Waals surface area (Å²) in [4.78, 5) is 0. The first-order valence-electron chi connectivity index (χ1n) is 6.11. The van der Waals surface area contributed by atoms with E-state index in [0.717, 1.165) is 5.75 Å². The Hall–Kier alpha value is -0.730. The summed E-state index contributed by atoms with van der Waals surface area (Å²) in [5, 5.41) is 0.662. The van der Waals surface area contributed by atoms with Crippen LogP contribution in [0.15, 0.2) is 18.2 Å². The van der Waals surface area contributed by atoms with Crippen molar-refractivity contribution >= 4 is 11.6 Å². The number of ether oxygens (including phenoxy) is 1. The molecule has 0 saturated carbocycles. The molecule has 0 heterocycles. The van der Waals surface area contributed by atoms with Gasteiger partial charge in [0, 0.05) is 0 Å². The Kier molecular flexibility index (Phi) is 5.29. The third-order valence-corrected chi connectivity index (χ3v) is 3.10. The van der Waals surface area contributed by atoms with Crippen molar-refractivity contribution in [3.63, 3.8) is 0 Å². The van der Waals surface area contributed by atoms with E-state index >= 15 is 0 Å². The van der Waals surface area contributed by atoms with E-state index in [-0.39, 0.29) is 6.10 Å². The smallest absolute Gasteiger partial charge is 0.138 e. The summed E-state index contributed by atoms with van der Waals surface area (Å²) >= 11 is 6.21. The average Bonchev–Trinajstić information content (AvgIpc) is 2.22. The molecule has 17 heavy (non-hydrogen) atoms. The topological polar surface area (TPSA) is 35.2 Å². The highest BCUT2D eigenvalue weighted by molar-refractivity contribution is 6.32. The van der Waals surface area contributed by atoms with Crippen molar-refractivity contribution in [1.82, 2.24) is 0 Å². The lowest BCUT2D eigenvalue weighted by Gasteiger charge is -2.20. The summed E-state index contributed by atoms with van der Waals surface area (Å²) in [6.07, 6.45) is 0.133. The summed E-state index contributed by atoms with van der Waals surface area (Å²) < 4.78 is 5.61. The van der Waals surface area contributed by atoms with Gasteiger partial charge in [0.1, 0.15) is 5.75 Å². The summed E-state index contributed by atoms with van der Waals surface area (Å²) in [5.41, 5.74) is 6.98. The van der Waals surface area contributed by atoms with Gasteiger partial charge in [-0.15, -0.1) is 0 Å². The van der Waals surface area contributed by atoms with Gasteiger partial charge < -0.3 is 10.5 Å². The van der Waals surface area contributed by atoms with E-state index in [9.17, 15) is 0 Å². The van der Waals surface area contributed by atoms with E-state index in [1.807, 2.05) is 26.0 Å². The Balaban J connectivity index is 2.95. The van der Waals surface area contributed by atoms with Crippen molar-refractivity contribution < 1.29 is 4.74 Å². The van der Waals surface area contributed by atoms with Crippen LogP contribution in [0.1, 0.15) is 39.2 Å². The predicted molar refractivity (Wildman–Crippen MR) is 73.8 cm³/mol. The van der Waals surface area contributed by atoms with Crippen LogP contribution in [0.3, 0.4) is 0 Å². The molecule has 1 aromatic carbocycles. The molecule has 0 amide bonds. The second-order valence-electron chi connectivity index (χ2n) is 4.94. The molecule has 0 bridgehead atoms. The Bertz CT molecular complexity index is 363. The van der Waals surface area contributed by atoms with Gasteiger partial charge in [-0.25, -0.2) is 0 Å². The lowest BCUT2D eigenvalue weighted by atomic mass is 9.88. The zero-order valence-corrected chi connectivity index (χ0v) is 11.8. The van der Waals surface area contributed by atoms with Crippen LogP contribution in [0.5, 0.6) is 5.75 Å². The van der Waals surface area contributed by atoms with Crippen molar-refractivity contribution in [1.29, 1.82) is 0 Å². The zero-order chi connectivity index (χ0) is 13.0. The van der Waals surface area contributed by atoms with E-state index in [1.54, 1.807) is 0 Å². The fourth-order valence-corrected chi connectivity index (χ4v) is 2.12. The van der Waals surface area contributed by atoms with Gasteiger partial charge in [0.05, 0.1) is 11.1 Å². The molecule has 96 valence electrons. The SMILES string of the molecule is CC(C)Oc1ccc(C(CN)C(C)C)cc1Cl. The molecule has 0 aliphatic carbocycles. The molecule has 3 heteroatoms. The zero-order valence-electron chi connectivity index (χ0n) is 11.0. The van der Waals surface area contributed by atoms with E-state index in [1.165, 1.54) is 5.56 Å². The molecule has 0 aliphatic rings. The third kappa shape index (κ3) is 3.90. The highest BCUT2D eigenvalue weighted by Gasteiger charge is 2.15. The van der Waals surface area contributed by atoms with Gasteiger partial charge in [-0.05, 0) is 49.9 Å². The Morgan fingerprint density at radius 2 is 1.88 bits per heavy atom. The molecule has 1 rings (SSSR count). The van der Waals surface area contributed by atoms with Gasteiger partial charge in [-0.1, -0.05) is 31.5 Å². The first-order chi connectivity index (χ1) is 7.95. The molecule has 2 nitrogen and oxygen atoms in total. The van der Waals surface area contributed by atoms with Crippen LogP contribution in [-0.2, 0) is 0 Å². The first-order valence-corrected chi connectivity index (χ1v) is 6.49. The Morgan fingerprint density at radius 1 is 1.24 bits per heavy atom. The van der Waals surface area contributed by atoms with E-state index in [2.05, 4.69) is 19.9 Å². The summed E-state index contributed by atoms with van der Waals surface area (Å²) in [6, 6.07) is 5.96. The quantitative estimate of drug-likeness (QED) is 0.868. The van der Waals surface area contributed by atoms with Gasteiger partial charge >= 0.3 is 0 Å². The van der Waals surface area contributed by atoms with Crippen LogP contribution in [0.25, 0.3) is 0 Å². The number of benzene rings is 1. The molecule has 1 atom stereocenters. The van der Waals surface area contributed by atoms with E-state index in [0.29, 0.717) is 23.4 Å². The number of rotatable bonds is 5. The third-order valence-electron chi connectivity index (χ3n) is 2.81. The van der Waals surface area contributed by atoms with Gasteiger partial charge in [0.25, 0.3) is 0 Å². The Morgan fingerprint density at radius 3 is 2.29 bits per heavy atom. The minimum Gasteiger partial charge on any atom is -0.489 e. The van der Waals surface area contributed by atoms with Crippen molar-refractivity contribution in [2.75, 3.05) is 6.54 Å². The van der Waals surface area contributed by atoms with Crippen LogP contribution >= 0.6 is 11.6 Å². The maximum atomic E-state index is 6.21. The molecule has 0 aliphatic heterocycles. The molecular formula is C14H22ClNO. The molecule has 0 saturated heterocycles. The highest BCUT2D eigenvalue weighted by Crippen LogP contribution is 2.31. The molecule has 0 fully saturated rings. The van der Waals surface area contributed by atoms with Crippen LogP contribution in [0.4, 0.5) is 0 Å². The molecule has 0 spiro atoms. The second-order valence-corrected chi connectivity index (χ2v) is 5.35. The van der Waals surface area contributed by atoms with Crippen LogP contribution in [0, 0.1) is 5.92 Å². The molecule has 1 aromatic rings. The second kappa shape index (κ2) is 6.27.